The molecule has 0 fully saturated rings. The quantitative estimate of drug-likeness (QED) is 0.654. The molecule has 0 aliphatic heterocycles. The molecule has 2 aromatic carbocycles. The number of alkyl halides is 1. The molecule has 0 aliphatic carbocycles. The van der Waals surface area contributed by atoms with Crippen molar-refractivity contribution in [1.29, 1.82) is 0 Å². The molecule has 0 saturated heterocycles. The van der Waals surface area contributed by atoms with Crippen LogP contribution in [0.1, 0.15) is 41.5 Å². The first kappa shape index (κ1) is 15.9. The standard InChI is InChI=1S/C19H23ClO/c1-4-14-9-10-16(5-2)18(12-14)19(20)13-15-7-6-8-17(11-15)21-3/h6-12,19H,4-5,13H2,1-3H3. The van der Waals surface area contributed by atoms with E-state index in [1.807, 2.05) is 12.1 Å². The molecule has 0 saturated carbocycles. The van der Waals surface area contributed by atoms with E-state index in [9.17, 15) is 0 Å². The highest BCUT2D eigenvalue weighted by Crippen LogP contribution is 2.30. The first-order valence-corrected chi connectivity index (χ1v) is 8.00. The van der Waals surface area contributed by atoms with Crippen molar-refractivity contribution >= 4 is 11.6 Å². The molecule has 21 heavy (non-hydrogen) atoms. The van der Waals surface area contributed by atoms with Gasteiger partial charge in [-0.05, 0) is 53.6 Å². The summed E-state index contributed by atoms with van der Waals surface area (Å²) in [6, 6.07) is 14.8. The van der Waals surface area contributed by atoms with Crippen LogP contribution in [0.5, 0.6) is 5.75 Å². The average Bonchev–Trinajstić information content (AvgIpc) is 2.54. The lowest BCUT2D eigenvalue weighted by Gasteiger charge is -2.16. The monoisotopic (exact) mass is 302 g/mol. The summed E-state index contributed by atoms with van der Waals surface area (Å²) in [6.45, 7) is 4.36. The Morgan fingerprint density at radius 1 is 1.00 bits per heavy atom. The van der Waals surface area contributed by atoms with Gasteiger partial charge in [-0.15, -0.1) is 11.6 Å². The smallest absolute Gasteiger partial charge is 0.119 e. The lowest BCUT2D eigenvalue weighted by atomic mass is 9.95. The van der Waals surface area contributed by atoms with Crippen LogP contribution in [0.15, 0.2) is 42.5 Å². The summed E-state index contributed by atoms with van der Waals surface area (Å²) < 4.78 is 5.28. The van der Waals surface area contributed by atoms with Crippen molar-refractivity contribution in [2.24, 2.45) is 0 Å². The summed E-state index contributed by atoms with van der Waals surface area (Å²) in [7, 11) is 1.69. The van der Waals surface area contributed by atoms with Crippen LogP contribution < -0.4 is 4.74 Å². The predicted octanol–water partition coefficient (Wildman–Crippen LogP) is 5.34. The van der Waals surface area contributed by atoms with Crippen LogP contribution in [0.25, 0.3) is 0 Å². The van der Waals surface area contributed by atoms with Crippen LogP contribution in [0, 0.1) is 0 Å². The van der Waals surface area contributed by atoms with Crippen molar-refractivity contribution in [1.82, 2.24) is 0 Å². The summed E-state index contributed by atoms with van der Waals surface area (Å²) in [4.78, 5) is 0. The van der Waals surface area contributed by atoms with Gasteiger partial charge >= 0.3 is 0 Å². The zero-order chi connectivity index (χ0) is 15.2. The third-order valence-corrected chi connectivity index (χ3v) is 4.28. The summed E-state index contributed by atoms with van der Waals surface area (Å²) in [5.41, 5.74) is 5.16. The Kier molecular flexibility index (Phi) is 5.69. The average molecular weight is 303 g/mol. The minimum absolute atomic E-state index is 0.00134. The second kappa shape index (κ2) is 7.51. The highest BCUT2D eigenvalue weighted by atomic mass is 35.5. The van der Waals surface area contributed by atoms with Gasteiger partial charge in [-0.25, -0.2) is 0 Å². The number of ether oxygens (including phenoxy) is 1. The van der Waals surface area contributed by atoms with Gasteiger partial charge in [-0.1, -0.05) is 44.2 Å². The van der Waals surface area contributed by atoms with E-state index in [1.165, 1.54) is 22.3 Å². The van der Waals surface area contributed by atoms with E-state index in [-0.39, 0.29) is 5.38 Å². The van der Waals surface area contributed by atoms with Gasteiger partial charge in [0.15, 0.2) is 0 Å². The summed E-state index contributed by atoms with van der Waals surface area (Å²) in [6.07, 6.45) is 2.87. The molecule has 0 aromatic heterocycles. The fourth-order valence-electron chi connectivity index (χ4n) is 2.59. The highest BCUT2D eigenvalue weighted by Gasteiger charge is 2.13. The van der Waals surface area contributed by atoms with Crippen molar-refractivity contribution in [3.63, 3.8) is 0 Å². The normalized spacial score (nSPS) is 12.2. The van der Waals surface area contributed by atoms with Gasteiger partial charge in [0.1, 0.15) is 5.75 Å². The molecule has 1 unspecified atom stereocenters. The number of hydrogen-bond acceptors (Lipinski definition) is 1. The summed E-state index contributed by atoms with van der Waals surface area (Å²) >= 11 is 6.71. The number of rotatable bonds is 6. The second-order valence-corrected chi connectivity index (χ2v) is 5.79. The van der Waals surface area contributed by atoms with Crippen LogP contribution in [-0.4, -0.2) is 7.11 Å². The lowest BCUT2D eigenvalue weighted by Crippen LogP contribution is -2.02. The van der Waals surface area contributed by atoms with Gasteiger partial charge < -0.3 is 4.74 Å². The second-order valence-electron chi connectivity index (χ2n) is 5.26. The Labute approximate surface area is 132 Å². The molecular formula is C19H23ClO. The SMILES string of the molecule is CCc1ccc(CC)c(C(Cl)Cc2cccc(OC)c2)c1. The Morgan fingerprint density at radius 2 is 1.81 bits per heavy atom. The molecule has 2 heteroatoms. The van der Waals surface area contributed by atoms with Crippen LogP contribution in [0.2, 0.25) is 0 Å². The van der Waals surface area contributed by atoms with E-state index in [0.29, 0.717) is 0 Å². The van der Waals surface area contributed by atoms with Crippen LogP contribution in [-0.2, 0) is 19.3 Å². The number of aryl methyl sites for hydroxylation is 2. The van der Waals surface area contributed by atoms with Gasteiger partial charge in [0.25, 0.3) is 0 Å². The fraction of sp³-hybridized carbons (Fsp3) is 0.368. The first-order valence-electron chi connectivity index (χ1n) is 7.56. The minimum Gasteiger partial charge on any atom is -0.497 e. The Bertz CT molecular complexity index is 592. The molecule has 112 valence electrons. The Morgan fingerprint density at radius 3 is 2.48 bits per heavy atom. The van der Waals surface area contributed by atoms with E-state index >= 15 is 0 Å². The molecule has 2 rings (SSSR count). The number of methoxy groups -OCH3 is 1. The minimum atomic E-state index is -0.00134. The zero-order valence-corrected chi connectivity index (χ0v) is 13.8. The van der Waals surface area contributed by atoms with Crippen LogP contribution in [0.3, 0.4) is 0 Å². The zero-order valence-electron chi connectivity index (χ0n) is 13.0. The molecule has 0 N–H and O–H groups in total. The molecule has 0 spiro atoms. The highest BCUT2D eigenvalue weighted by molar-refractivity contribution is 6.21. The maximum Gasteiger partial charge on any atom is 0.119 e. The van der Waals surface area contributed by atoms with Gasteiger partial charge in [0, 0.05) is 0 Å². The lowest BCUT2D eigenvalue weighted by molar-refractivity contribution is 0.414. The number of benzene rings is 2. The Hall–Kier alpha value is -1.47. The first-order chi connectivity index (χ1) is 10.2. The van der Waals surface area contributed by atoms with Gasteiger partial charge in [0.2, 0.25) is 0 Å². The summed E-state index contributed by atoms with van der Waals surface area (Å²) in [5.74, 6) is 0.884. The molecule has 0 radical (unpaired) electrons. The van der Waals surface area contributed by atoms with E-state index in [0.717, 1.165) is 25.0 Å². The molecule has 0 bridgehead atoms. The Balaban J connectivity index is 2.24. The maximum atomic E-state index is 6.71. The van der Waals surface area contributed by atoms with E-state index in [2.05, 4.69) is 44.2 Å². The van der Waals surface area contributed by atoms with Crippen molar-refractivity contribution < 1.29 is 4.74 Å². The van der Waals surface area contributed by atoms with Crippen molar-refractivity contribution in [2.75, 3.05) is 7.11 Å². The third kappa shape index (κ3) is 4.01. The molecule has 2 aromatic rings. The molecule has 0 heterocycles. The van der Waals surface area contributed by atoms with Gasteiger partial charge in [-0.2, -0.15) is 0 Å². The van der Waals surface area contributed by atoms with Crippen molar-refractivity contribution in [3.05, 3.63) is 64.7 Å². The topological polar surface area (TPSA) is 9.23 Å². The molecular weight excluding hydrogens is 280 g/mol. The van der Waals surface area contributed by atoms with Crippen molar-refractivity contribution in [3.8, 4) is 5.75 Å². The number of halogens is 1. The van der Waals surface area contributed by atoms with E-state index < -0.39 is 0 Å². The molecule has 1 atom stereocenters. The maximum absolute atomic E-state index is 6.71. The largest absolute Gasteiger partial charge is 0.497 e. The van der Waals surface area contributed by atoms with Crippen LogP contribution >= 0.6 is 11.6 Å². The summed E-state index contributed by atoms with van der Waals surface area (Å²) in [5, 5.41) is -0.00134. The van der Waals surface area contributed by atoms with Gasteiger partial charge in [0.05, 0.1) is 12.5 Å². The molecule has 0 amide bonds. The van der Waals surface area contributed by atoms with E-state index in [1.54, 1.807) is 7.11 Å². The van der Waals surface area contributed by atoms with Gasteiger partial charge in [-0.3, -0.25) is 0 Å². The molecule has 1 nitrogen and oxygen atoms in total. The van der Waals surface area contributed by atoms with Crippen molar-refractivity contribution in [2.45, 2.75) is 38.5 Å². The predicted molar refractivity (Wildman–Crippen MR) is 90.5 cm³/mol. The van der Waals surface area contributed by atoms with E-state index in [4.69, 9.17) is 16.3 Å². The van der Waals surface area contributed by atoms with Crippen LogP contribution in [0.4, 0.5) is 0 Å². The number of hydrogen-bond donors (Lipinski definition) is 0. The fourth-order valence-corrected chi connectivity index (χ4v) is 2.98. The third-order valence-electron chi connectivity index (χ3n) is 3.89. The molecule has 0 aliphatic rings.